The van der Waals surface area contributed by atoms with Crippen molar-refractivity contribution in [3.8, 4) is 0 Å². The zero-order valence-electron chi connectivity index (χ0n) is 15.4. The molecule has 2 atom stereocenters. The Kier molecular flexibility index (Phi) is 6.76. The SMILES string of the molecule is CC(C)CNC(=O)[C@@H]1CN(C(=S)NC(C)C)C[C@H]1c1ccc(F)cc1. The molecule has 2 rings (SSSR count). The third kappa shape index (κ3) is 5.39. The quantitative estimate of drug-likeness (QED) is 0.788. The van der Waals surface area contributed by atoms with Crippen LogP contribution in [0.4, 0.5) is 4.39 Å². The fourth-order valence-electron chi connectivity index (χ4n) is 3.06. The van der Waals surface area contributed by atoms with E-state index in [2.05, 4.69) is 24.5 Å². The molecule has 1 saturated heterocycles. The molecule has 0 radical (unpaired) electrons. The average Bonchev–Trinajstić information content (AvgIpc) is 2.98. The Hall–Kier alpha value is -1.69. The van der Waals surface area contributed by atoms with Gasteiger partial charge < -0.3 is 15.5 Å². The van der Waals surface area contributed by atoms with Gasteiger partial charge in [0.05, 0.1) is 5.92 Å². The van der Waals surface area contributed by atoms with Gasteiger partial charge in [-0.2, -0.15) is 0 Å². The van der Waals surface area contributed by atoms with Crippen molar-refractivity contribution in [2.75, 3.05) is 19.6 Å². The van der Waals surface area contributed by atoms with Crippen molar-refractivity contribution in [2.45, 2.75) is 39.7 Å². The smallest absolute Gasteiger partial charge is 0.225 e. The van der Waals surface area contributed by atoms with Crippen LogP contribution in [0.3, 0.4) is 0 Å². The Morgan fingerprint density at radius 2 is 1.88 bits per heavy atom. The van der Waals surface area contributed by atoms with Crippen LogP contribution in [0.15, 0.2) is 24.3 Å². The first kappa shape index (κ1) is 19.6. The van der Waals surface area contributed by atoms with Gasteiger partial charge >= 0.3 is 0 Å². The van der Waals surface area contributed by atoms with Gasteiger partial charge in [-0.05, 0) is 49.7 Å². The first-order valence-corrected chi connectivity index (χ1v) is 9.27. The van der Waals surface area contributed by atoms with Crippen LogP contribution in [0.1, 0.15) is 39.2 Å². The van der Waals surface area contributed by atoms with Crippen LogP contribution < -0.4 is 10.6 Å². The number of nitrogens with one attached hydrogen (secondary N) is 2. The van der Waals surface area contributed by atoms with E-state index in [-0.39, 0.29) is 29.6 Å². The minimum Gasteiger partial charge on any atom is -0.360 e. The van der Waals surface area contributed by atoms with Crippen molar-refractivity contribution in [3.63, 3.8) is 0 Å². The van der Waals surface area contributed by atoms with Gasteiger partial charge in [0.25, 0.3) is 0 Å². The van der Waals surface area contributed by atoms with Crippen molar-refractivity contribution in [1.82, 2.24) is 15.5 Å². The van der Waals surface area contributed by atoms with Gasteiger partial charge in [0.1, 0.15) is 5.82 Å². The second-order valence-corrected chi connectivity index (χ2v) is 7.80. The lowest BCUT2D eigenvalue weighted by atomic mass is 9.88. The molecular formula is C19H28FN3OS. The summed E-state index contributed by atoms with van der Waals surface area (Å²) in [5.74, 6) is -0.0283. The maximum Gasteiger partial charge on any atom is 0.225 e. The first-order chi connectivity index (χ1) is 11.8. The molecule has 1 amide bonds. The highest BCUT2D eigenvalue weighted by Gasteiger charge is 2.39. The standard InChI is InChI=1S/C19H28FN3OS/c1-12(2)9-21-18(24)17-11-23(19(25)22-13(3)4)10-16(17)14-5-7-15(20)8-6-14/h5-8,12-13,16-17H,9-11H2,1-4H3,(H,21,24)(H,22,25)/t16-,17+/m0/s1. The van der Waals surface area contributed by atoms with Gasteiger partial charge in [0, 0.05) is 31.6 Å². The summed E-state index contributed by atoms with van der Waals surface area (Å²) in [6, 6.07) is 6.68. The van der Waals surface area contributed by atoms with Gasteiger partial charge in [0.2, 0.25) is 5.91 Å². The Morgan fingerprint density at radius 1 is 1.24 bits per heavy atom. The number of hydrogen-bond donors (Lipinski definition) is 2. The number of thiocarbonyl (C=S) groups is 1. The summed E-state index contributed by atoms with van der Waals surface area (Å²) >= 11 is 5.48. The maximum atomic E-state index is 13.3. The molecule has 2 N–H and O–H groups in total. The molecule has 1 aromatic rings. The lowest BCUT2D eigenvalue weighted by Crippen LogP contribution is -2.42. The number of carbonyl (C=O) groups excluding carboxylic acids is 1. The predicted octanol–water partition coefficient (Wildman–Crippen LogP) is 2.90. The molecule has 0 unspecified atom stereocenters. The molecule has 1 heterocycles. The van der Waals surface area contributed by atoms with Gasteiger partial charge in [-0.3, -0.25) is 4.79 Å². The van der Waals surface area contributed by atoms with Crippen molar-refractivity contribution in [2.24, 2.45) is 11.8 Å². The molecule has 4 nitrogen and oxygen atoms in total. The van der Waals surface area contributed by atoms with E-state index < -0.39 is 0 Å². The van der Waals surface area contributed by atoms with Crippen molar-refractivity contribution in [3.05, 3.63) is 35.6 Å². The number of carbonyl (C=O) groups is 1. The molecule has 0 aliphatic carbocycles. The summed E-state index contributed by atoms with van der Waals surface area (Å²) in [7, 11) is 0. The average molecular weight is 366 g/mol. The fraction of sp³-hybridized carbons (Fsp3) is 0.579. The summed E-state index contributed by atoms with van der Waals surface area (Å²) in [5, 5.41) is 6.94. The zero-order valence-corrected chi connectivity index (χ0v) is 16.2. The van der Waals surface area contributed by atoms with Crippen LogP contribution in [0.2, 0.25) is 0 Å². The molecule has 1 aromatic carbocycles. The second-order valence-electron chi connectivity index (χ2n) is 7.41. The lowest BCUT2D eigenvalue weighted by Gasteiger charge is -2.22. The van der Waals surface area contributed by atoms with E-state index in [1.54, 1.807) is 12.1 Å². The van der Waals surface area contributed by atoms with Crippen LogP contribution in [-0.4, -0.2) is 41.6 Å². The van der Waals surface area contributed by atoms with E-state index in [4.69, 9.17) is 12.2 Å². The maximum absolute atomic E-state index is 13.3. The van der Waals surface area contributed by atoms with Crippen LogP contribution in [0.5, 0.6) is 0 Å². The Labute approximate surface area is 155 Å². The van der Waals surface area contributed by atoms with Gasteiger partial charge in [-0.15, -0.1) is 0 Å². The van der Waals surface area contributed by atoms with Crippen LogP contribution in [0.25, 0.3) is 0 Å². The second kappa shape index (κ2) is 8.61. The van der Waals surface area contributed by atoms with Crippen LogP contribution in [-0.2, 0) is 4.79 Å². The molecule has 1 aliphatic heterocycles. The summed E-state index contributed by atoms with van der Waals surface area (Å²) in [5.41, 5.74) is 0.973. The summed E-state index contributed by atoms with van der Waals surface area (Å²) in [4.78, 5) is 14.8. The third-order valence-corrected chi connectivity index (χ3v) is 4.71. The number of nitrogens with zero attached hydrogens (tertiary/aromatic N) is 1. The Balaban J connectivity index is 2.17. The molecule has 0 spiro atoms. The third-order valence-electron chi connectivity index (χ3n) is 4.34. The molecule has 138 valence electrons. The zero-order chi connectivity index (χ0) is 18.6. The predicted molar refractivity (Wildman–Crippen MR) is 103 cm³/mol. The summed E-state index contributed by atoms with van der Waals surface area (Å²) < 4.78 is 13.3. The summed E-state index contributed by atoms with van der Waals surface area (Å²) in [6.07, 6.45) is 0. The minimum absolute atomic E-state index is 0.000301. The minimum atomic E-state index is -0.267. The molecule has 0 aromatic heterocycles. The molecule has 0 bridgehead atoms. The number of benzene rings is 1. The molecule has 1 aliphatic rings. The lowest BCUT2D eigenvalue weighted by molar-refractivity contribution is -0.125. The van der Waals surface area contributed by atoms with Gasteiger partial charge in [0.15, 0.2) is 5.11 Å². The number of hydrogen-bond acceptors (Lipinski definition) is 2. The molecule has 6 heteroatoms. The van der Waals surface area contributed by atoms with Crippen molar-refractivity contribution < 1.29 is 9.18 Å². The monoisotopic (exact) mass is 365 g/mol. The Morgan fingerprint density at radius 3 is 2.44 bits per heavy atom. The van der Waals surface area contributed by atoms with E-state index in [0.717, 1.165) is 5.56 Å². The summed E-state index contributed by atoms with van der Waals surface area (Å²) in [6.45, 7) is 10.1. The number of amides is 1. The van der Waals surface area contributed by atoms with Gasteiger partial charge in [-0.1, -0.05) is 26.0 Å². The number of halogens is 1. The number of rotatable bonds is 5. The molecule has 1 fully saturated rings. The fourth-order valence-corrected chi connectivity index (χ4v) is 3.44. The van der Waals surface area contributed by atoms with E-state index in [1.165, 1.54) is 12.1 Å². The molecule has 25 heavy (non-hydrogen) atoms. The number of likely N-dealkylation sites (tertiary alicyclic amines) is 1. The van der Waals surface area contributed by atoms with Crippen LogP contribution >= 0.6 is 12.2 Å². The highest BCUT2D eigenvalue weighted by atomic mass is 32.1. The van der Waals surface area contributed by atoms with Crippen molar-refractivity contribution in [1.29, 1.82) is 0 Å². The van der Waals surface area contributed by atoms with Crippen LogP contribution in [0, 0.1) is 17.7 Å². The highest BCUT2D eigenvalue weighted by molar-refractivity contribution is 7.80. The van der Waals surface area contributed by atoms with E-state index >= 15 is 0 Å². The van der Waals surface area contributed by atoms with E-state index in [1.807, 2.05) is 18.7 Å². The molecular weight excluding hydrogens is 337 g/mol. The van der Waals surface area contributed by atoms with E-state index in [9.17, 15) is 9.18 Å². The largest absolute Gasteiger partial charge is 0.360 e. The molecule has 0 saturated carbocycles. The topological polar surface area (TPSA) is 44.4 Å². The van der Waals surface area contributed by atoms with E-state index in [0.29, 0.717) is 30.7 Å². The highest BCUT2D eigenvalue weighted by Crippen LogP contribution is 2.33. The van der Waals surface area contributed by atoms with Crippen molar-refractivity contribution >= 4 is 23.2 Å². The Bertz CT molecular complexity index is 603. The van der Waals surface area contributed by atoms with Gasteiger partial charge in [-0.25, -0.2) is 4.39 Å². The normalized spacial score (nSPS) is 20.2. The first-order valence-electron chi connectivity index (χ1n) is 8.86.